The fourth-order valence-electron chi connectivity index (χ4n) is 4.39. The Labute approximate surface area is 118 Å². The third-order valence-corrected chi connectivity index (χ3v) is 5.25. The van der Waals surface area contributed by atoms with Gasteiger partial charge in [0, 0.05) is 6.07 Å². The number of anilines is 1. The van der Waals surface area contributed by atoms with E-state index in [1.807, 2.05) is 6.07 Å². The molecule has 5 atom stereocenters. The molecule has 0 aromatic carbocycles. The minimum Gasteiger partial charge on any atom is -0.363 e. The first kappa shape index (κ1) is 11.7. The Morgan fingerprint density at radius 3 is 3.00 bits per heavy atom. The molecule has 4 rings (SSSR count). The van der Waals surface area contributed by atoms with Gasteiger partial charge in [-0.05, 0) is 48.5 Å². The summed E-state index contributed by atoms with van der Waals surface area (Å²) < 4.78 is 0. The van der Waals surface area contributed by atoms with Crippen molar-refractivity contribution < 1.29 is 0 Å². The summed E-state index contributed by atoms with van der Waals surface area (Å²) in [6, 6.07) is 2.29. The molecule has 1 aromatic heterocycles. The highest BCUT2D eigenvalue weighted by Gasteiger charge is 2.52. The molecule has 1 aromatic rings. The number of nitrogens with one attached hydrogen (secondary N) is 1. The Hall–Kier alpha value is -1.09. The predicted molar refractivity (Wildman–Crippen MR) is 76.0 cm³/mol. The number of fused-ring (bicyclic) bond motifs is 1. The Kier molecular flexibility index (Phi) is 2.59. The molecule has 0 amide bonds. The van der Waals surface area contributed by atoms with Gasteiger partial charge in [-0.1, -0.05) is 24.6 Å². The lowest BCUT2D eigenvalue weighted by Crippen LogP contribution is -2.46. The molecule has 3 nitrogen and oxygen atoms in total. The number of aromatic nitrogens is 2. The number of nitrogens with zero attached hydrogens (tertiary/aromatic N) is 2. The van der Waals surface area contributed by atoms with Gasteiger partial charge in [0.1, 0.15) is 17.3 Å². The first-order chi connectivity index (χ1) is 9.20. The number of hydrogen-bond donors (Lipinski definition) is 1. The van der Waals surface area contributed by atoms with E-state index < -0.39 is 0 Å². The summed E-state index contributed by atoms with van der Waals surface area (Å²) >= 11 is 5.92. The van der Waals surface area contributed by atoms with Crippen LogP contribution in [0.4, 0.5) is 5.82 Å². The quantitative estimate of drug-likeness (QED) is 0.663. The molecule has 3 aliphatic carbocycles. The molecule has 0 spiro atoms. The molecule has 0 saturated heterocycles. The van der Waals surface area contributed by atoms with E-state index in [1.54, 1.807) is 5.57 Å². The molecular weight excluding hydrogens is 258 g/mol. The van der Waals surface area contributed by atoms with Gasteiger partial charge < -0.3 is 5.32 Å². The predicted octanol–water partition coefficient (Wildman–Crippen LogP) is 3.53. The first-order valence-corrected chi connectivity index (χ1v) is 7.54. The van der Waals surface area contributed by atoms with Crippen molar-refractivity contribution in [1.29, 1.82) is 0 Å². The highest BCUT2D eigenvalue weighted by atomic mass is 35.5. The number of rotatable bonds is 2. The first-order valence-electron chi connectivity index (χ1n) is 7.16. The van der Waals surface area contributed by atoms with Crippen LogP contribution in [0.5, 0.6) is 0 Å². The molecule has 1 N–H and O–H groups in total. The Morgan fingerprint density at radius 1 is 1.26 bits per heavy atom. The van der Waals surface area contributed by atoms with Crippen LogP contribution in [0.25, 0.3) is 0 Å². The molecule has 1 heterocycles. The van der Waals surface area contributed by atoms with Gasteiger partial charge >= 0.3 is 0 Å². The number of hydrogen-bond acceptors (Lipinski definition) is 3. The van der Waals surface area contributed by atoms with Crippen LogP contribution in [-0.4, -0.2) is 16.0 Å². The van der Waals surface area contributed by atoms with E-state index in [0.29, 0.717) is 11.2 Å². The van der Waals surface area contributed by atoms with Crippen LogP contribution in [0, 0.1) is 23.7 Å². The normalized spacial score (nSPS) is 39.3. The number of allylic oxidation sites excluding steroid dienone is 1. The third kappa shape index (κ3) is 1.86. The van der Waals surface area contributed by atoms with Crippen molar-refractivity contribution in [2.75, 3.05) is 5.32 Å². The van der Waals surface area contributed by atoms with Crippen LogP contribution in [0.3, 0.4) is 0 Å². The van der Waals surface area contributed by atoms with E-state index in [-0.39, 0.29) is 0 Å². The fourth-order valence-corrected chi connectivity index (χ4v) is 4.54. The van der Waals surface area contributed by atoms with E-state index in [0.717, 1.165) is 29.5 Å². The summed E-state index contributed by atoms with van der Waals surface area (Å²) in [6.45, 7) is 2.35. The molecule has 0 radical (unpaired) electrons. The van der Waals surface area contributed by atoms with Gasteiger partial charge in [0.05, 0.1) is 6.04 Å². The van der Waals surface area contributed by atoms with Crippen molar-refractivity contribution in [1.82, 2.24) is 9.97 Å². The van der Waals surface area contributed by atoms with Crippen molar-refractivity contribution in [3.05, 3.63) is 29.2 Å². The monoisotopic (exact) mass is 275 g/mol. The average molecular weight is 276 g/mol. The van der Waals surface area contributed by atoms with Gasteiger partial charge in [0.15, 0.2) is 0 Å². The lowest BCUT2D eigenvalue weighted by atomic mass is 9.65. The second-order valence-corrected chi connectivity index (χ2v) is 6.72. The Morgan fingerprint density at radius 2 is 2.16 bits per heavy atom. The zero-order valence-electron chi connectivity index (χ0n) is 11.0. The smallest absolute Gasteiger partial charge is 0.134 e. The summed E-state index contributed by atoms with van der Waals surface area (Å²) in [4.78, 5) is 8.20. The van der Waals surface area contributed by atoms with Crippen LogP contribution in [0.2, 0.25) is 5.15 Å². The van der Waals surface area contributed by atoms with Gasteiger partial charge in [-0.15, -0.1) is 0 Å². The van der Waals surface area contributed by atoms with Crippen LogP contribution < -0.4 is 5.32 Å². The van der Waals surface area contributed by atoms with Crippen molar-refractivity contribution in [3.63, 3.8) is 0 Å². The van der Waals surface area contributed by atoms with E-state index >= 15 is 0 Å². The van der Waals surface area contributed by atoms with E-state index in [2.05, 4.69) is 28.3 Å². The molecular formula is C15H18ClN3. The zero-order chi connectivity index (χ0) is 13.0. The largest absolute Gasteiger partial charge is 0.363 e. The van der Waals surface area contributed by atoms with Crippen LogP contribution in [0.15, 0.2) is 24.0 Å². The van der Waals surface area contributed by atoms with Gasteiger partial charge in [0.25, 0.3) is 0 Å². The summed E-state index contributed by atoms with van der Waals surface area (Å²) in [5, 5.41) is 4.07. The molecule has 100 valence electrons. The van der Waals surface area contributed by atoms with Crippen molar-refractivity contribution in [3.8, 4) is 0 Å². The third-order valence-electron chi connectivity index (χ3n) is 5.04. The molecule has 19 heavy (non-hydrogen) atoms. The van der Waals surface area contributed by atoms with Crippen molar-refractivity contribution in [2.24, 2.45) is 23.7 Å². The molecule has 3 aliphatic rings. The molecule has 5 unspecified atom stereocenters. The Bertz CT molecular complexity index is 542. The highest BCUT2D eigenvalue weighted by molar-refractivity contribution is 6.29. The second kappa shape index (κ2) is 4.20. The zero-order valence-corrected chi connectivity index (χ0v) is 11.8. The standard InChI is InChI=1S/C15H18ClN3/c1-8-2-9-4-10-11(3-8)15(12(10)5-9)19-14-6-13(16)17-7-18-14/h3,6-10,12,15H,2,4-5H2,1H3,(H,17,18,19). The maximum absolute atomic E-state index is 5.92. The van der Waals surface area contributed by atoms with Gasteiger partial charge in [-0.2, -0.15) is 0 Å². The summed E-state index contributed by atoms with van der Waals surface area (Å²) in [5.41, 5.74) is 1.62. The SMILES string of the molecule is CC1C=C2C3CC(C1)CC3C2Nc1cc(Cl)ncn1. The minimum atomic E-state index is 0.476. The minimum absolute atomic E-state index is 0.476. The van der Waals surface area contributed by atoms with Crippen LogP contribution >= 0.6 is 11.6 Å². The molecule has 0 aliphatic heterocycles. The maximum atomic E-state index is 5.92. The molecule has 2 saturated carbocycles. The van der Waals surface area contributed by atoms with Crippen LogP contribution in [0.1, 0.15) is 26.2 Å². The summed E-state index contributed by atoms with van der Waals surface area (Å²) in [7, 11) is 0. The topological polar surface area (TPSA) is 37.8 Å². The van der Waals surface area contributed by atoms with Crippen molar-refractivity contribution >= 4 is 17.4 Å². The maximum Gasteiger partial charge on any atom is 0.134 e. The van der Waals surface area contributed by atoms with Crippen LogP contribution in [-0.2, 0) is 0 Å². The van der Waals surface area contributed by atoms with Crippen molar-refractivity contribution in [2.45, 2.75) is 32.2 Å². The average Bonchev–Trinajstić information content (AvgIpc) is 2.64. The lowest BCUT2D eigenvalue weighted by Gasteiger charge is -2.45. The summed E-state index contributed by atoms with van der Waals surface area (Å²) in [5.74, 6) is 4.15. The van der Waals surface area contributed by atoms with Gasteiger partial charge in [0.2, 0.25) is 0 Å². The van der Waals surface area contributed by atoms with E-state index in [9.17, 15) is 0 Å². The summed E-state index contributed by atoms with van der Waals surface area (Å²) in [6.07, 6.45) is 8.19. The lowest BCUT2D eigenvalue weighted by molar-refractivity contribution is 0.283. The van der Waals surface area contributed by atoms with Gasteiger partial charge in [-0.3, -0.25) is 0 Å². The highest BCUT2D eigenvalue weighted by Crippen LogP contribution is 2.57. The van der Waals surface area contributed by atoms with Gasteiger partial charge in [-0.25, -0.2) is 9.97 Å². The van der Waals surface area contributed by atoms with E-state index in [4.69, 9.17) is 11.6 Å². The second-order valence-electron chi connectivity index (χ2n) is 6.34. The number of halogens is 1. The van der Waals surface area contributed by atoms with E-state index in [1.165, 1.54) is 25.6 Å². The Balaban J connectivity index is 1.60. The molecule has 2 fully saturated rings. The fraction of sp³-hybridized carbons (Fsp3) is 0.600. The molecule has 2 bridgehead atoms. The molecule has 4 heteroatoms.